The highest BCUT2D eigenvalue weighted by molar-refractivity contribution is 6.01. The van der Waals surface area contributed by atoms with Gasteiger partial charge in [0.05, 0.1) is 5.69 Å². The molecular weight excluding hydrogens is 296 g/mol. The van der Waals surface area contributed by atoms with Gasteiger partial charge in [0.1, 0.15) is 5.39 Å². The van der Waals surface area contributed by atoms with Crippen LogP contribution < -0.4 is 16.6 Å². The van der Waals surface area contributed by atoms with Gasteiger partial charge in [0.25, 0.3) is 5.56 Å². The first-order valence-corrected chi connectivity index (χ1v) is 7.69. The van der Waals surface area contributed by atoms with Crippen molar-refractivity contribution in [3.63, 3.8) is 0 Å². The van der Waals surface area contributed by atoms with Crippen molar-refractivity contribution < 1.29 is 4.79 Å². The SMILES string of the molecule is CCC(CC)C(=O)Nc1c(C)cnc2c1c(=O)n(C)c(=O)n2C. The molecule has 2 rings (SSSR count). The molecule has 0 atom stereocenters. The van der Waals surface area contributed by atoms with E-state index in [1.807, 2.05) is 13.8 Å². The number of amides is 1. The molecular formula is C16H22N4O3. The minimum atomic E-state index is -0.459. The molecule has 0 unspecified atom stereocenters. The predicted octanol–water partition coefficient (Wildman–Crippen LogP) is 1.32. The lowest BCUT2D eigenvalue weighted by atomic mass is 10.0. The summed E-state index contributed by atoms with van der Waals surface area (Å²) < 4.78 is 2.33. The topological polar surface area (TPSA) is 86.0 Å². The van der Waals surface area contributed by atoms with E-state index in [2.05, 4.69) is 10.3 Å². The molecule has 2 aromatic heterocycles. The average Bonchev–Trinajstić information content (AvgIpc) is 2.53. The van der Waals surface area contributed by atoms with Crippen LogP contribution in [0.1, 0.15) is 32.3 Å². The zero-order valence-corrected chi connectivity index (χ0v) is 14.1. The van der Waals surface area contributed by atoms with Crippen LogP contribution in [0.25, 0.3) is 11.0 Å². The van der Waals surface area contributed by atoms with Crippen molar-refractivity contribution in [3.05, 3.63) is 32.6 Å². The first-order chi connectivity index (χ1) is 10.8. The molecule has 0 fully saturated rings. The van der Waals surface area contributed by atoms with Gasteiger partial charge in [-0.05, 0) is 25.3 Å². The fraction of sp³-hybridized carbons (Fsp3) is 0.500. The van der Waals surface area contributed by atoms with E-state index in [1.54, 1.807) is 20.2 Å². The predicted molar refractivity (Wildman–Crippen MR) is 89.7 cm³/mol. The van der Waals surface area contributed by atoms with Crippen molar-refractivity contribution in [3.8, 4) is 0 Å². The molecule has 1 N–H and O–H groups in total. The third-order valence-electron chi connectivity index (χ3n) is 4.26. The molecule has 0 saturated carbocycles. The van der Waals surface area contributed by atoms with Crippen LogP contribution in [0, 0.1) is 12.8 Å². The lowest BCUT2D eigenvalue weighted by Crippen LogP contribution is -2.38. The Bertz CT molecular complexity index is 875. The molecule has 0 aromatic carbocycles. The highest BCUT2D eigenvalue weighted by atomic mass is 16.2. The van der Waals surface area contributed by atoms with Gasteiger partial charge < -0.3 is 5.32 Å². The molecule has 2 heterocycles. The normalized spacial score (nSPS) is 11.2. The Hall–Kier alpha value is -2.44. The van der Waals surface area contributed by atoms with E-state index in [1.165, 1.54) is 11.6 Å². The zero-order valence-electron chi connectivity index (χ0n) is 14.1. The highest BCUT2D eigenvalue weighted by Crippen LogP contribution is 2.23. The number of hydrogen-bond acceptors (Lipinski definition) is 4. The molecule has 1 amide bonds. The van der Waals surface area contributed by atoms with Crippen LogP contribution in [-0.4, -0.2) is 20.0 Å². The molecule has 0 saturated heterocycles. The first-order valence-electron chi connectivity index (χ1n) is 7.69. The van der Waals surface area contributed by atoms with Crippen molar-refractivity contribution in [2.45, 2.75) is 33.6 Å². The maximum absolute atomic E-state index is 12.5. The molecule has 0 bridgehead atoms. The molecule has 23 heavy (non-hydrogen) atoms. The molecule has 7 heteroatoms. The third kappa shape index (κ3) is 2.78. The molecule has 0 radical (unpaired) electrons. The van der Waals surface area contributed by atoms with Gasteiger partial charge in [-0.3, -0.25) is 18.7 Å². The number of nitrogens with zero attached hydrogens (tertiary/aromatic N) is 3. The van der Waals surface area contributed by atoms with E-state index in [4.69, 9.17) is 0 Å². The maximum atomic E-state index is 12.5. The Morgan fingerprint density at radius 3 is 2.39 bits per heavy atom. The molecule has 7 nitrogen and oxygen atoms in total. The Morgan fingerprint density at radius 1 is 1.22 bits per heavy atom. The largest absolute Gasteiger partial charge is 0.332 e. The minimum absolute atomic E-state index is 0.117. The van der Waals surface area contributed by atoms with E-state index < -0.39 is 11.2 Å². The number of aryl methyl sites for hydroxylation is 2. The second-order valence-corrected chi connectivity index (χ2v) is 5.72. The van der Waals surface area contributed by atoms with Crippen LogP contribution in [0.2, 0.25) is 0 Å². The average molecular weight is 318 g/mol. The van der Waals surface area contributed by atoms with Crippen molar-refractivity contribution in [1.82, 2.24) is 14.1 Å². The maximum Gasteiger partial charge on any atom is 0.332 e. The van der Waals surface area contributed by atoms with Crippen LogP contribution in [-0.2, 0) is 18.9 Å². The molecule has 0 aliphatic heterocycles. The summed E-state index contributed by atoms with van der Waals surface area (Å²) in [5.74, 6) is -0.240. The Balaban J connectivity index is 2.74. The number of carbonyl (C=O) groups excluding carboxylic acids is 1. The third-order valence-corrected chi connectivity index (χ3v) is 4.26. The van der Waals surface area contributed by atoms with E-state index in [-0.39, 0.29) is 22.9 Å². The Labute approximate surface area is 134 Å². The zero-order chi connectivity index (χ0) is 17.3. The van der Waals surface area contributed by atoms with Gasteiger partial charge in [-0.1, -0.05) is 13.8 Å². The second kappa shape index (κ2) is 6.36. The van der Waals surface area contributed by atoms with Gasteiger partial charge >= 0.3 is 5.69 Å². The lowest BCUT2D eigenvalue weighted by Gasteiger charge is -2.16. The van der Waals surface area contributed by atoms with Crippen molar-refractivity contribution >= 4 is 22.6 Å². The molecule has 2 aromatic rings. The van der Waals surface area contributed by atoms with Crippen molar-refractivity contribution in [2.75, 3.05) is 5.32 Å². The van der Waals surface area contributed by atoms with Crippen molar-refractivity contribution in [1.29, 1.82) is 0 Å². The lowest BCUT2D eigenvalue weighted by molar-refractivity contribution is -0.120. The van der Waals surface area contributed by atoms with Crippen LogP contribution in [0.4, 0.5) is 5.69 Å². The molecule has 0 aliphatic rings. The number of hydrogen-bond donors (Lipinski definition) is 1. The quantitative estimate of drug-likeness (QED) is 0.921. The van der Waals surface area contributed by atoms with Gasteiger partial charge in [0.15, 0.2) is 5.65 Å². The highest BCUT2D eigenvalue weighted by Gasteiger charge is 2.20. The van der Waals surface area contributed by atoms with Crippen LogP contribution >= 0.6 is 0 Å². The summed E-state index contributed by atoms with van der Waals surface area (Å²) in [5.41, 5.74) is 0.481. The fourth-order valence-corrected chi connectivity index (χ4v) is 2.67. The van der Waals surface area contributed by atoms with Crippen molar-refractivity contribution in [2.24, 2.45) is 20.0 Å². The van der Waals surface area contributed by atoms with Gasteiger partial charge in [-0.2, -0.15) is 0 Å². The van der Waals surface area contributed by atoms with E-state index in [9.17, 15) is 14.4 Å². The number of aromatic nitrogens is 3. The summed E-state index contributed by atoms with van der Waals surface area (Å²) in [6.45, 7) is 5.68. The summed E-state index contributed by atoms with van der Waals surface area (Å²) in [7, 11) is 2.97. The summed E-state index contributed by atoms with van der Waals surface area (Å²) in [4.78, 5) is 41.1. The summed E-state index contributed by atoms with van der Waals surface area (Å²) in [6, 6.07) is 0. The molecule has 0 spiro atoms. The number of nitrogens with one attached hydrogen (secondary N) is 1. The van der Waals surface area contributed by atoms with Crippen LogP contribution in [0.3, 0.4) is 0 Å². The number of anilines is 1. The van der Waals surface area contributed by atoms with E-state index >= 15 is 0 Å². The summed E-state index contributed by atoms with van der Waals surface area (Å²) in [5, 5.41) is 3.12. The number of fused-ring (bicyclic) bond motifs is 1. The van der Waals surface area contributed by atoms with Gasteiger partial charge in [-0.15, -0.1) is 0 Å². The van der Waals surface area contributed by atoms with Gasteiger partial charge in [0.2, 0.25) is 5.91 Å². The monoisotopic (exact) mass is 318 g/mol. The molecule has 0 aliphatic carbocycles. The smallest absolute Gasteiger partial charge is 0.325 e. The standard InChI is InChI=1S/C16H22N4O3/c1-6-10(7-2)14(21)18-12-9(3)8-17-13-11(12)15(22)20(5)16(23)19(13)4/h8,10H,6-7H2,1-5H3,(H,17,18,21). The summed E-state index contributed by atoms with van der Waals surface area (Å²) in [6.07, 6.45) is 3.01. The minimum Gasteiger partial charge on any atom is -0.325 e. The van der Waals surface area contributed by atoms with Crippen LogP contribution in [0.5, 0.6) is 0 Å². The van der Waals surface area contributed by atoms with E-state index in [0.29, 0.717) is 11.3 Å². The Kier molecular flexibility index (Phi) is 4.68. The number of rotatable bonds is 4. The number of pyridine rings is 1. The van der Waals surface area contributed by atoms with E-state index in [0.717, 1.165) is 17.4 Å². The first kappa shape index (κ1) is 16.9. The van der Waals surface area contributed by atoms with Gasteiger partial charge in [-0.25, -0.2) is 9.78 Å². The van der Waals surface area contributed by atoms with Crippen LogP contribution in [0.15, 0.2) is 15.8 Å². The summed E-state index contributed by atoms with van der Waals surface area (Å²) >= 11 is 0. The second-order valence-electron chi connectivity index (χ2n) is 5.72. The Morgan fingerprint density at radius 2 is 1.83 bits per heavy atom. The number of carbonyl (C=O) groups is 1. The fourth-order valence-electron chi connectivity index (χ4n) is 2.67. The van der Waals surface area contributed by atoms with Gasteiger partial charge in [0, 0.05) is 26.2 Å². The molecule has 124 valence electrons.